The Labute approximate surface area is 46.8 Å². The summed E-state index contributed by atoms with van der Waals surface area (Å²) < 4.78 is 4.70. The van der Waals surface area contributed by atoms with Gasteiger partial charge in [0.05, 0.1) is 12.6 Å². The fourth-order valence-corrected chi connectivity index (χ4v) is 0.597. The number of nitrogens with two attached hydrogens (primary N) is 2. The number of amides is 1. The van der Waals surface area contributed by atoms with E-state index in [0.29, 0.717) is 6.61 Å². The van der Waals surface area contributed by atoms with Crippen LogP contribution in [0, 0.1) is 0 Å². The van der Waals surface area contributed by atoms with Gasteiger partial charge in [-0.2, -0.15) is 0 Å². The molecule has 0 aromatic rings. The Balaban J connectivity index is 2.37. The van der Waals surface area contributed by atoms with E-state index in [1.54, 1.807) is 0 Å². The molecule has 0 bridgehead atoms. The van der Waals surface area contributed by atoms with Crippen molar-refractivity contribution in [1.29, 1.82) is 0 Å². The fourth-order valence-electron chi connectivity index (χ4n) is 0.597. The highest BCUT2D eigenvalue weighted by Crippen LogP contribution is 2.07. The van der Waals surface area contributed by atoms with Crippen LogP contribution in [0.25, 0.3) is 0 Å². The predicted octanol–water partition coefficient (Wildman–Crippen LogP) is -1.80. The van der Waals surface area contributed by atoms with Crippen molar-refractivity contribution in [1.82, 2.24) is 0 Å². The average Bonchev–Trinajstić information content (AvgIpc) is 1.61. The molecule has 0 saturated carbocycles. The molecule has 46 valence electrons. The Hall–Kier alpha value is -0.610. The summed E-state index contributed by atoms with van der Waals surface area (Å²) in [6.07, 6.45) is -0.532. The van der Waals surface area contributed by atoms with Crippen LogP contribution < -0.4 is 11.5 Å². The standard InChI is InChI=1S/C4H8N2O2/c5-2-1-8-3(2)4(6)7/h2-3H,1,5H2,(H2,6,7). The molecule has 1 fully saturated rings. The molecule has 4 N–H and O–H groups in total. The van der Waals surface area contributed by atoms with E-state index in [9.17, 15) is 4.79 Å². The second kappa shape index (κ2) is 1.72. The van der Waals surface area contributed by atoms with Crippen molar-refractivity contribution < 1.29 is 9.53 Å². The summed E-state index contributed by atoms with van der Waals surface area (Å²) in [5, 5.41) is 0. The summed E-state index contributed by atoms with van der Waals surface area (Å²) in [6, 6.07) is -0.174. The summed E-state index contributed by atoms with van der Waals surface area (Å²) in [5.41, 5.74) is 10.1. The molecule has 1 rings (SSSR count). The van der Waals surface area contributed by atoms with Crippen LogP contribution in [0.4, 0.5) is 0 Å². The third kappa shape index (κ3) is 0.677. The van der Waals surface area contributed by atoms with Crippen molar-refractivity contribution in [2.45, 2.75) is 12.1 Å². The molecule has 1 aliphatic rings. The van der Waals surface area contributed by atoms with Gasteiger partial charge in [0.2, 0.25) is 5.91 Å². The van der Waals surface area contributed by atoms with E-state index in [-0.39, 0.29) is 6.04 Å². The summed E-state index contributed by atoms with van der Waals surface area (Å²) >= 11 is 0. The number of hydrogen-bond acceptors (Lipinski definition) is 3. The van der Waals surface area contributed by atoms with Crippen molar-refractivity contribution in [2.75, 3.05) is 6.61 Å². The molecule has 0 aromatic carbocycles. The molecule has 8 heavy (non-hydrogen) atoms. The summed E-state index contributed by atoms with van der Waals surface area (Å²) in [6.45, 7) is 0.452. The van der Waals surface area contributed by atoms with Gasteiger partial charge in [0, 0.05) is 0 Å². The largest absolute Gasteiger partial charge is 0.367 e. The van der Waals surface area contributed by atoms with Crippen LogP contribution in [0.15, 0.2) is 0 Å². The summed E-state index contributed by atoms with van der Waals surface area (Å²) in [5.74, 6) is -0.469. The topological polar surface area (TPSA) is 78.3 Å². The molecule has 4 heteroatoms. The normalized spacial score (nSPS) is 36.1. The predicted molar refractivity (Wildman–Crippen MR) is 26.9 cm³/mol. The highest BCUT2D eigenvalue weighted by molar-refractivity contribution is 5.80. The minimum absolute atomic E-state index is 0.174. The van der Waals surface area contributed by atoms with E-state index in [4.69, 9.17) is 16.2 Å². The summed E-state index contributed by atoms with van der Waals surface area (Å²) in [4.78, 5) is 10.2. The van der Waals surface area contributed by atoms with Crippen LogP contribution in [0.2, 0.25) is 0 Å². The lowest BCUT2D eigenvalue weighted by Crippen LogP contribution is -2.57. The minimum atomic E-state index is -0.532. The number of carbonyl (C=O) groups excluding carboxylic acids is 1. The first kappa shape index (κ1) is 5.53. The Morgan fingerprint density at radius 3 is 2.38 bits per heavy atom. The van der Waals surface area contributed by atoms with Gasteiger partial charge >= 0.3 is 0 Å². The fraction of sp³-hybridized carbons (Fsp3) is 0.750. The third-order valence-corrected chi connectivity index (χ3v) is 1.14. The van der Waals surface area contributed by atoms with Gasteiger partial charge in [0.15, 0.2) is 6.10 Å². The zero-order valence-electron chi connectivity index (χ0n) is 4.33. The molecule has 1 heterocycles. The van der Waals surface area contributed by atoms with Gasteiger partial charge in [-0.05, 0) is 0 Å². The van der Waals surface area contributed by atoms with Gasteiger partial charge in [-0.25, -0.2) is 0 Å². The Morgan fingerprint density at radius 2 is 2.38 bits per heavy atom. The maximum absolute atomic E-state index is 10.2. The summed E-state index contributed by atoms with van der Waals surface area (Å²) in [7, 11) is 0. The second-order valence-electron chi connectivity index (χ2n) is 1.82. The lowest BCUT2D eigenvalue weighted by atomic mass is 10.1. The van der Waals surface area contributed by atoms with E-state index in [2.05, 4.69) is 0 Å². The Morgan fingerprint density at radius 1 is 1.75 bits per heavy atom. The van der Waals surface area contributed by atoms with Crippen LogP contribution >= 0.6 is 0 Å². The van der Waals surface area contributed by atoms with Crippen LogP contribution in [-0.2, 0) is 9.53 Å². The number of rotatable bonds is 1. The van der Waals surface area contributed by atoms with E-state index in [0.717, 1.165) is 0 Å². The van der Waals surface area contributed by atoms with Crippen LogP contribution in [0.3, 0.4) is 0 Å². The smallest absolute Gasteiger partial charge is 0.248 e. The SMILES string of the molecule is NC(=O)C1OCC1N. The van der Waals surface area contributed by atoms with Crippen molar-refractivity contribution in [3.05, 3.63) is 0 Å². The molecule has 1 saturated heterocycles. The number of carbonyl (C=O) groups is 1. The monoisotopic (exact) mass is 116 g/mol. The van der Waals surface area contributed by atoms with Gasteiger partial charge in [0.1, 0.15) is 0 Å². The number of primary amides is 1. The van der Waals surface area contributed by atoms with Gasteiger partial charge in [-0.1, -0.05) is 0 Å². The molecule has 0 spiro atoms. The van der Waals surface area contributed by atoms with E-state index in [1.165, 1.54) is 0 Å². The Bertz CT molecular complexity index is 115. The zero-order chi connectivity index (χ0) is 6.15. The zero-order valence-corrected chi connectivity index (χ0v) is 4.33. The van der Waals surface area contributed by atoms with E-state index in [1.807, 2.05) is 0 Å². The molecule has 4 nitrogen and oxygen atoms in total. The first-order valence-electron chi connectivity index (χ1n) is 2.38. The highest BCUT2D eigenvalue weighted by Gasteiger charge is 2.33. The second-order valence-corrected chi connectivity index (χ2v) is 1.82. The van der Waals surface area contributed by atoms with Gasteiger partial charge in [-0.3, -0.25) is 4.79 Å². The molecular formula is C4H8N2O2. The quantitative estimate of drug-likeness (QED) is 0.424. The van der Waals surface area contributed by atoms with Crippen molar-refractivity contribution in [3.8, 4) is 0 Å². The number of hydrogen-bond donors (Lipinski definition) is 2. The maximum atomic E-state index is 10.2. The lowest BCUT2D eigenvalue weighted by molar-refractivity contribution is -0.145. The molecule has 1 amide bonds. The molecule has 0 aromatic heterocycles. The Kier molecular flexibility index (Phi) is 1.19. The van der Waals surface area contributed by atoms with Gasteiger partial charge < -0.3 is 16.2 Å². The average molecular weight is 116 g/mol. The number of ether oxygens (including phenoxy) is 1. The molecule has 2 atom stereocenters. The van der Waals surface area contributed by atoms with Crippen molar-refractivity contribution in [3.63, 3.8) is 0 Å². The molecular weight excluding hydrogens is 108 g/mol. The minimum Gasteiger partial charge on any atom is -0.367 e. The van der Waals surface area contributed by atoms with Gasteiger partial charge in [-0.15, -0.1) is 0 Å². The maximum Gasteiger partial charge on any atom is 0.248 e. The molecule has 0 aliphatic carbocycles. The van der Waals surface area contributed by atoms with Crippen LogP contribution in [0.1, 0.15) is 0 Å². The van der Waals surface area contributed by atoms with Crippen molar-refractivity contribution >= 4 is 5.91 Å². The van der Waals surface area contributed by atoms with E-state index < -0.39 is 12.0 Å². The first-order chi connectivity index (χ1) is 3.72. The van der Waals surface area contributed by atoms with Crippen LogP contribution in [0.5, 0.6) is 0 Å². The van der Waals surface area contributed by atoms with E-state index >= 15 is 0 Å². The third-order valence-electron chi connectivity index (χ3n) is 1.14. The highest BCUT2D eigenvalue weighted by atomic mass is 16.5. The van der Waals surface area contributed by atoms with Crippen molar-refractivity contribution in [2.24, 2.45) is 11.5 Å². The lowest BCUT2D eigenvalue weighted by Gasteiger charge is -2.30. The molecule has 1 aliphatic heterocycles. The molecule has 2 unspecified atom stereocenters. The first-order valence-corrected chi connectivity index (χ1v) is 2.38. The van der Waals surface area contributed by atoms with Crippen LogP contribution in [-0.4, -0.2) is 24.7 Å². The molecule has 0 radical (unpaired) electrons. The van der Waals surface area contributed by atoms with Gasteiger partial charge in [0.25, 0.3) is 0 Å².